The lowest BCUT2D eigenvalue weighted by atomic mass is 9.86. The predicted molar refractivity (Wildman–Crippen MR) is 82.6 cm³/mol. The molecule has 0 radical (unpaired) electrons. The minimum atomic E-state index is -1.02. The summed E-state index contributed by atoms with van der Waals surface area (Å²) in [6.45, 7) is 2.01. The van der Waals surface area contributed by atoms with Gasteiger partial charge in [-0.1, -0.05) is 42.5 Å². The highest BCUT2D eigenvalue weighted by Crippen LogP contribution is 2.38. The second kappa shape index (κ2) is 6.22. The van der Waals surface area contributed by atoms with Gasteiger partial charge in [-0.05, 0) is 36.3 Å². The Labute approximate surface area is 133 Å². The number of esters is 1. The summed E-state index contributed by atoms with van der Waals surface area (Å²) in [4.78, 5) is 17.7. The van der Waals surface area contributed by atoms with Gasteiger partial charge in [0.1, 0.15) is 11.5 Å². The van der Waals surface area contributed by atoms with Gasteiger partial charge in [-0.15, -0.1) is 0 Å². The fraction of sp³-hybridized carbons (Fsp3) is 0.167. The first-order chi connectivity index (χ1) is 11.2. The highest BCUT2D eigenvalue weighted by Gasteiger charge is 2.40. The van der Waals surface area contributed by atoms with Crippen molar-refractivity contribution in [3.8, 4) is 0 Å². The molecule has 1 atom stereocenters. The van der Waals surface area contributed by atoms with Crippen molar-refractivity contribution in [3.63, 3.8) is 0 Å². The van der Waals surface area contributed by atoms with Crippen LogP contribution in [0.1, 0.15) is 18.1 Å². The second-order valence-electron chi connectivity index (χ2n) is 5.09. The minimum Gasteiger partial charge on any atom is -0.461 e. The Balaban J connectivity index is 2.09. The van der Waals surface area contributed by atoms with Gasteiger partial charge >= 0.3 is 5.97 Å². The summed E-state index contributed by atoms with van der Waals surface area (Å²) in [5.41, 5.74) is 3.37. The van der Waals surface area contributed by atoms with Crippen LogP contribution < -0.4 is 5.48 Å². The molecule has 1 heterocycles. The summed E-state index contributed by atoms with van der Waals surface area (Å²) in [6.07, 6.45) is 1.66. The van der Waals surface area contributed by atoms with Gasteiger partial charge in [0.25, 0.3) is 0 Å². The van der Waals surface area contributed by atoms with E-state index in [0.29, 0.717) is 5.56 Å². The molecule has 23 heavy (non-hydrogen) atoms. The molecule has 2 aromatic rings. The Bertz CT molecular complexity index is 728. The van der Waals surface area contributed by atoms with Crippen molar-refractivity contribution >= 4 is 5.97 Å². The van der Waals surface area contributed by atoms with E-state index in [2.05, 4.69) is 5.48 Å². The fourth-order valence-electron chi connectivity index (χ4n) is 2.54. The van der Waals surface area contributed by atoms with Gasteiger partial charge < -0.3 is 4.74 Å². The molecule has 0 saturated carbocycles. The molecule has 1 unspecified atom stereocenters. The number of hydrogen-bond donors (Lipinski definition) is 1. The quantitative estimate of drug-likeness (QED) is 0.881. The average Bonchev–Trinajstić information content (AvgIpc) is 3.03. The number of halogens is 1. The molecule has 118 valence electrons. The molecule has 0 aliphatic carbocycles. The minimum absolute atomic E-state index is 0.222. The number of carbonyl (C=O) groups excluding carboxylic acids is 1. The van der Waals surface area contributed by atoms with E-state index >= 15 is 0 Å². The van der Waals surface area contributed by atoms with Crippen molar-refractivity contribution in [2.45, 2.75) is 12.5 Å². The van der Waals surface area contributed by atoms with Crippen LogP contribution in [0, 0.1) is 5.82 Å². The molecule has 0 amide bonds. The van der Waals surface area contributed by atoms with Crippen LogP contribution in [0.15, 0.2) is 66.4 Å². The van der Waals surface area contributed by atoms with E-state index in [1.807, 2.05) is 30.3 Å². The molecule has 0 fully saturated rings. The van der Waals surface area contributed by atoms with Crippen molar-refractivity contribution < 1.29 is 18.8 Å². The Morgan fingerprint density at radius 1 is 1.13 bits per heavy atom. The standard InChI is InChI=1S/C18H16FNO3/c1-2-22-17(21)16-12-18(23-20-16,13-6-4-3-5-7-13)14-8-10-15(19)11-9-14/h3-12,20H,2H2,1H3. The highest BCUT2D eigenvalue weighted by atomic mass is 19.1. The summed E-state index contributed by atoms with van der Waals surface area (Å²) in [5.74, 6) is -0.829. The van der Waals surface area contributed by atoms with Gasteiger partial charge in [-0.3, -0.25) is 10.3 Å². The van der Waals surface area contributed by atoms with Crippen molar-refractivity contribution in [3.05, 3.63) is 83.3 Å². The van der Waals surface area contributed by atoms with Crippen molar-refractivity contribution in [2.24, 2.45) is 0 Å². The first-order valence-electron chi connectivity index (χ1n) is 7.31. The SMILES string of the molecule is CCOC(=O)C1=CC(c2ccccc2)(c2ccc(F)cc2)ON1. The lowest BCUT2D eigenvalue weighted by Gasteiger charge is -2.26. The van der Waals surface area contributed by atoms with E-state index in [1.165, 1.54) is 12.1 Å². The zero-order chi connectivity index (χ0) is 16.3. The molecule has 1 N–H and O–H groups in total. The van der Waals surface area contributed by atoms with E-state index in [9.17, 15) is 9.18 Å². The zero-order valence-corrected chi connectivity index (χ0v) is 12.6. The van der Waals surface area contributed by atoms with Gasteiger partial charge in [0.05, 0.1) is 6.61 Å². The van der Waals surface area contributed by atoms with E-state index < -0.39 is 11.6 Å². The molecule has 2 aromatic carbocycles. The molecule has 5 heteroatoms. The molecule has 0 saturated heterocycles. The summed E-state index contributed by atoms with van der Waals surface area (Å²) in [5, 5.41) is 0. The van der Waals surface area contributed by atoms with Crippen LogP contribution in [0.5, 0.6) is 0 Å². The number of ether oxygens (including phenoxy) is 1. The monoisotopic (exact) mass is 313 g/mol. The average molecular weight is 313 g/mol. The molecule has 1 aliphatic heterocycles. The maximum atomic E-state index is 13.3. The highest BCUT2D eigenvalue weighted by molar-refractivity contribution is 5.88. The number of carbonyl (C=O) groups is 1. The Morgan fingerprint density at radius 2 is 1.78 bits per heavy atom. The van der Waals surface area contributed by atoms with Crippen LogP contribution in [0.25, 0.3) is 0 Å². The van der Waals surface area contributed by atoms with Crippen LogP contribution >= 0.6 is 0 Å². The molecule has 0 spiro atoms. The van der Waals surface area contributed by atoms with Gasteiger partial charge in [-0.2, -0.15) is 0 Å². The summed E-state index contributed by atoms with van der Waals surface area (Å²) in [6, 6.07) is 15.4. The topological polar surface area (TPSA) is 47.6 Å². The number of rotatable bonds is 4. The Morgan fingerprint density at radius 3 is 2.43 bits per heavy atom. The predicted octanol–water partition coefficient (Wildman–Crippen LogP) is 3.05. The number of benzene rings is 2. The first kappa shape index (κ1) is 15.2. The fourth-order valence-corrected chi connectivity index (χ4v) is 2.54. The van der Waals surface area contributed by atoms with Crippen LogP contribution in [-0.4, -0.2) is 12.6 Å². The number of nitrogens with one attached hydrogen (secondary N) is 1. The van der Waals surface area contributed by atoms with Crippen LogP contribution in [0.4, 0.5) is 4.39 Å². The lowest BCUT2D eigenvalue weighted by Crippen LogP contribution is -2.29. The lowest BCUT2D eigenvalue weighted by molar-refractivity contribution is -0.140. The summed E-state index contributed by atoms with van der Waals surface area (Å²) in [7, 11) is 0. The van der Waals surface area contributed by atoms with Gasteiger partial charge in [0.15, 0.2) is 5.60 Å². The van der Waals surface area contributed by atoms with Crippen LogP contribution in [0.3, 0.4) is 0 Å². The molecular weight excluding hydrogens is 297 g/mol. The molecule has 4 nitrogen and oxygen atoms in total. The smallest absolute Gasteiger partial charge is 0.356 e. The third-order valence-electron chi connectivity index (χ3n) is 3.64. The normalized spacial score (nSPS) is 19.8. The van der Waals surface area contributed by atoms with Gasteiger partial charge in [-0.25, -0.2) is 9.18 Å². The maximum absolute atomic E-state index is 13.3. The summed E-state index contributed by atoms with van der Waals surface area (Å²) < 4.78 is 18.3. The van der Waals surface area contributed by atoms with Crippen molar-refractivity contribution in [2.75, 3.05) is 6.61 Å². The van der Waals surface area contributed by atoms with E-state index in [0.717, 1.165) is 5.56 Å². The molecule has 0 bridgehead atoms. The van der Waals surface area contributed by atoms with Crippen molar-refractivity contribution in [1.29, 1.82) is 0 Å². The largest absolute Gasteiger partial charge is 0.461 e. The molecule has 1 aliphatic rings. The number of hydroxylamine groups is 1. The van der Waals surface area contributed by atoms with Gasteiger partial charge in [0, 0.05) is 0 Å². The second-order valence-corrected chi connectivity index (χ2v) is 5.09. The molecular formula is C18H16FNO3. The van der Waals surface area contributed by atoms with Crippen LogP contribution in [-0.2, 0) is 20.0 Å². The van der Waals surface area contributed by atoms with Crippen LogP contribution in [0.2, 0.25) is 0 Å². The molecule has 0 aromatic heterocycles. The maximum Gasteiger partial charge on any atom is 0.356 e. The number of hydrogen-bond acceptors (Lipinski definition) is 4. The molecule has 3 rings (SSSR count). The van der Waals surface area contributed by atoms with Crippen molar-refractivity contribution in [1.82, 2.24) is 5.48 Å². The van der Waals surface area contributed by atoms with E-state index in [4.69, 9.17) is 9.57 Å². The third kappa shape index (κ3) is 2.83. The first-order valence-corrected chi connectivity index (χ1v) is 7.31. The zero-order valence-electron chi connectivity index (χ0n) is 12.6. The third-order valence-corrected chi connectivity index (χ3v) is 3.64. The Kier molecular flexibility index (Phi) is 4.12. The van der Waals surface area contributed by atoms with Gasteiger partial charge in [0.2, 0.25) is 0 Å². The van der Waals surface area contributed by atoms with E-state index in [1.54, 1.807) is 25.1 Å². The van der Waals surface area contributed by atoms with E-state index in [-0.39, 0.29) is 18.1 Å². The summed E-state index contributed by atoms with van der Waals surface area (Å²) >= 11 is 0. The Hall–Kier alpha value is -2.66.